The number of carbonyl (C=O) groups excluding carboxylic acids is 1. The summed E-state index contributed by atoms with van der Waals surface area (Å²) < 4.78 is 13.7. The van der Waals surface area contributed by atoms with Gasteiger partial charge in [0.05, 0.1) is 25.1 Å². The normalized spacial score (nSPS) is 15.1. The number of ether oxygens (including phenoxy) is 2. The number of esters is 1. The number of carbonyl (C=O) groups is 1. The molecular weight excluding hydrogens is 418 g/mol. The van der Waals surface area contributed by atoms with E-state index in [0.717, 1.165) is 36.1 Å². The lowest BCUT2D eigenvalue weighted by molar-refractivity contribution is -0.153. The van der Waals surface area contributed by atoms with Gasteiger partial charge in [-0.05, 0) is 46.1 Å². The third kappa shape index (κ3) is 5.27. The standard InChI is InChI=1S/C22H33N3O5S/c1-14-16(12-23-13-17(26)30-22(2,3)4)31-20-18(14)19(27)25(15-8-6-7-9-15)21(28)24(20)10-11-29-5/h15,23H,6-13H2,1-5H3. The molecule has 0 aromatic carbocycles. The Balaban J connectivity index is 1.95. The van der Waals surface area contributed by atoms with E-state index in [1.165, 1.54) is 15.9 Å². The number of aryl methyl sites for hydroxylation is 1. The second-order valence-corrected chi connectivity index (χ2v) is 10.1. The van der Waals surface area contributed by atoms with Crippen LogP contribution in [0.15, 0.2) is 9.59 Å². The molecule has 0 radical (unpaired) electrons. The van der Waals surface area contributed by atoms with Crippen molar-refractivity contribution in [1.29, 1.82) is 0 Å². The molecule has 2 aromatic heterocycles. The molecule has 0 unspecified atom stereocenters. The first-order chi connectivity index (χ1) is 14.6. The molecular formula is C22H33N3O5S. The predicted octanol–water partition coefficient (Wildman–Crippen LogP) is 2.73. The van der Waals surface area contributed by atoms with Crippen LogP contribution in [0, 0.1) is 6.92 Å². The van der Waals surface area contributed by atoms with Gasteiger partial charge in [0.15, 0.2) is 0 Å². The molecule has 0 spiro atoms. The fourth-order valence-corrected chi connectivity index (χ4v) is 5.38. The molecule has 8 nitrogen and oxygen atoms in total. The average molecular weight is 452 g/mol. The minimum Gasteiger partial charge on any atom is -0.459 e. The molecule has 1 aliphatic rings. The monoisotopic (exact) mass is 451 g/mol. The van der Waals surface area contributed by atoms with Crippen molar-refractivity contribution < 1.29 is 14.3 Å². The number of nitrogens with zero attached hydrogens (tertiary/aromatic N) is 2. The number of rotatable bonds is 8. The number of hydrogen-bond donors (Lipinski definition) is 1. The van der Waals surface area contributed by atoms with Gasteiger partial charge in [0.2, 0.25) is 0 Å². The van der Waals surface area contributed by atoms with Crippen molar-refractivity contribution in [3.8, 4) is 0 Å². The second kappa shape index (κ2) is 9.67. The van der Waals surface area contributed by atoms with E-state index in [1.807, 2.05) is 27.7 Å². The van der Waals surface area contributed by atoms with Crippen molar-refractivity contribution in [1.82, 2.24) is 14.5 Å². The smallest absolute Gasteiger partial charge is 0.332 e. The number of fused-ring (bicyclic) bond motifs is 1. The largest absolute Gasteiger partial charge is 0.459 e. The maximum absolute atomic E-state index is 13.4. The van der Waals surface area contributed by atoms with Gasteiger partial charge in [-0.3, -0.25) is 18.7 Å². The fraction of sp³-hybridized carbons (Fsp3) is 0.682. The van der Waals surface area contributed by atoms with E-state index in [0.29, 0.717) is 29.9 Å². The molecule has 2 aromatic rings. The lowest BCUT2D eigenvalue weighted by atomic mass is 10.2. The van der Waals surface area contributed by atoms with Gasteiger partial charge in [-0.25, -0.2) is 4.79 Å². The summed E-state index contributed by atoms with van der Waals surface area (Å²) in [6.45, 7) is 8.68. The van der Waals surface area contributed by atoms with Gasteiger partial charge >= 0.3 is 11.7 Å². The Morgan fingerprint density at radius 1 is 1.23 bits per heavy atom. The summed E-state index contributed by atoms with van der Waals surface area (Å²) in [6.07, 6.45) is 3.79. The Hall–Kier alpha value is -1.97. The molecule has 3 rings (SSSR count). The molecule has 0 aliphatic heterocycles. The van der Waals surface area contributed by atoms with Crippen molar-refractivity contribution >= 4 is 27.5 Å². The fourth-order valence-electron chi connectivity index (χ4n) is 4.10. The third-order valence-electron chi connectivity index (χ3n) is 5.53. The Bertz CT molecular complexity index is 1050. The SMILES string of the molecule is COCCn1c(=O)n(C2CCCC2)c(=O)c2c(C)c(CNCC(=O)OC(C)(C)C)sc21. The quantitative estimate of drug-likeness (QED) is 0.621. The van der Waals surface area contributed by atoms with Crippen molar-refractivity contribution in [2.24, 2.45) is 0 Å². The number of nitrogens with one attached hydrogen (secondary N) is 1. The van der Waals surface area contributed by atoms with Gasteiger partial charge in [-0.15, -0.1) is 11.3 Å². The van der Waals surface area contributed by atoms with Crippen LogP contribution in [0.1, 0.15) is 62.9 Å². The molecule has 2 heterocycles. The maximum atomic E-state index is 13.4. The van der Waals surface area contributed by atoms with Gasteiger partial charge in [0.1, 0.15) is 10.4 Å². The average Bonchev–Trinajstić information content (AvgIpc) is 3.29. The highest BCUT2D eigenvalue weighted by Gasteiger charge is 2.26. The number of thiophene rings is 1. The summed E-state index contributed by atoms with van der Waals surface area (Å²) in [6, 6.07) is -0.0359. The minimum atomic E-state index is -0.533. The predicted molar refractivity (Wildman–Crippen MR) is 122 cm³/mol. The number of aromatic nitrogens is 2. The molecule has 1 fully saturated rings. The van der Waals surface area contributed by atoms with Gasteiger partial charge < -0.3 is 14.8 Å². The molecule has 1 N–H and O–H groups in total. The van der Waals surface area contributed by atoms with Gasteiger partial charge in [0.25, 0.3) is 5.56 Å². The first kappa shape index (κ1) is 23.7. The number of methoxy groups -OCH3 is 1. The van der Waals surface area contributed by atoms with Gasteiger partial charge in [-0.2, -0.15) is 0 Å². The first-order valence-electron chi connectivity index (χ1n) is 10.8. The van der Waals surface area contributed by atoms with E-state index in [2.05, 4.69) is 5.32 Å². The van der Waals surface area contributed by atoms with E-state index >= 15 is 0 Å². The lowest BCUT2D eigenvalue weighted by Crippen LogP contribution is -2.42. The highest BCUT2D eigenvalue weighted by Crippen LogP contribution is 2.31. The van der Waals surface area contributed by atoms with Gasteiger partial charge in [0, 0.05) is 24.6 Å². The summed E-state index contributed by atoms with van der Waals surface area (Å²) >= 11 is 1.42. The molecule has 1 aliphatic carbocycles. The molecule has 0 atom stereocenters. The van der Waals surface area contributed by atoms with Crippen LogP contribution in [0.25, 0.3) is 10.2 Å². The summed E-state index contributed by atoms with van der Waals surface area (Å²) in [4.78, 5) is 40.2. The third-order valence-corrected chi connectivity index (χ3v) is 6.84. The van der Waals surface area contributed by atoms with Gasteiger partial charge in [-0.1, -0.05) is 12.8 Å². The van der Waals surface area contributed by atoms with E-state index in [4.69, 9.17) is 9.47 Å². The highest BCUT2D eigenvalue weighted by molar-refractivity contribution is 7.18. The van der Waals surface area contributed by atoms with Crippen molar-refractivity contribution in [3.63, 3.8) is 0 Å². The summed E-state index contributed by atoms with van der Waals surface area (Å²) in [5.41, 5.74) is -0.127. The molecule has 172 valence electrons. The van der Waals surface area contributed by atoms with Crippen molar-refractivity contribution in [3.05, 3.63) is 31.3 Å². The highest BCUT2D eigenvalue weighted by atomic mass is 32.1. The Labute approximate surface area is 186 Å². The van der Waals surface area contributed by atoms with Crippen LogP contribution >= 0.6 is 11.3 Å². The Morgan fingerprint density at radius 3 is 2.52 bits per heavy atom. The van der Waals surface area contributed by atoms with Crippen molar-refractivity contribution in [2.45, 2.75) is 78.1 Å². The first-order valence-corrected chi connectivity index (χ1v) is 11.6. The topological polar surface area (TPSA) is 91.6 Å². The summed E-state index contributed by atoms with van der Waals surface area (Å²) in [7, 11) is 1.60. The zero-order valence-corrected chi connectivity index (χ0v) is 19.9. The molecule has 0 saturated heterocycles. The number of hydrogen-bond acceptors (Lipinski definition) is 7. The van der Waals surface area contributed by atoms with E-state index in [1.54, 1.807) is 11.7 Å². The van der Waals surface area contributed by atoms with Crippen LogP contribution < -0.4 is 16.6 Å². The van der Waals surface area contributed by atoms with E-state index in [9.17, 15) is 14.4 Å². The van der Waals surface area contributed by atoms with Crippen LogP contribution in [0.4, 0.5) is 0 Å². The van der Waals surface area contributed by atoms with Crippen molar-refractivity contribution in [2.75, 3.05) is 20.3 Å². The van der Waals surface area contributed by atoms with Crippen LogP contribution in [-0.2, 0) is 27.4 Å². The summed E-state index contributed by atoms with van der Waals surface area (Å²) in [5, 5.41) is 3.71. The lowest BCUT2D eigenvalue weighted by Gasteiger charge is -2.19. The van der Waals surface area contributed by atoms with Crippen LogP contribution in [0.5, 0.6) is 0 Å². The zero-order chi connectivity index (χ0) is 22.8. The Morgan fingerprint density at radius 2 is 1.90 bits per heavy atom. The van der Waals surface area contributed by atoms with Crippen LogP contribution in [0.2, 0.25) is 0 Å². The molecule has 0 amide bonds. The Kier molecular flexibility index (Phi) is 7.39. The maximum Gasteiger partial charge on any atom is 0.332 e. The van der Waals surface area contributed by atoms with E-state index in [-0.39, 0.29) is 29.8 Å². The van der Waals surface area contributed by atoms with E-state index < -0.39 is 5.60 Å². The molecule has 0 bridgehead atoms. The molecule has 1 saturated carbocycles. The summed E-state index contributed by atoms with van der Waals surface area (Å²) in [5.74, 6) is -0.327. The second-order valence-electron chi connectivity index (χ2n) is 9.06. The molecule has 31 heavy (non-hydrogen) atoms. The minimum absolute atomic E-state index is 0.0359. The van der Waals surface area contributed by atoms with Crippen LogP contribution in [-0.4, -0.2) is 41.0 Å². The zero-order valence-electron chi connectivity index (χ0n) is 19.1. The molecule has 9 heteroatoms. The van der Waals surface area contributed by atoms with Crippen LogP contribution in [0.3, 0.4) is 0 Å².